The minimum atomic E-state index is 0.564. The van der Waals surface area contributed by atoms with Crippen LogP contribution in [0.3, 0.4) is 0 Å². The summed E-state index contributed by atoms with van der Waals surface area (Å²) in [6.07, 6.45) is 10.4. The number of hydrogen-bond acceptors (Lipinski definition) is 4. The highest BCUT2D eigenvalue weighted by Crippen LogP contribution is 2.29. The van der Waals surface area contributed by atoms with E-state index in [1.165, 1.54) is 37.8 Å². The van der Waals surface area contributed by atoms with Crippen molar-refractivity contribution in [3.63, 3.8) is 0 Å². The van der Waals surface area contributed by atoms with Gasteiger partial charge in [0.1, 0.15) is 11.6 Å². The van der Waals surface area contributed by atoms with E-state index < -0.39 is 0 Å². The number of halogens is 2. The number of aryl methyl sites for hydroxylation is 1. The van der Waals surface area contributed by atoms with Gasteiger partial charge in [-0.2, -0.15) is 0 Å². The van der Waals surface area contributed by atoms with Gasteiger partial charge in [-0.25, -0.2) is 9.97 Å². The van der Waals surface area contributed by atoms with Gasteiger partial charge in [-0.1, -0.05) is 41.8 Å². The lowest BCUT2D eigenvalue weighted by Crippen LogP contribution is -2.33. The molecule has 0 spiro atoms. The van der Waals surface area contributed by atoms with Crippen molar-refractivity contribution in [2.45, 2.75) is 57.5 Å². The summed E-state index contributed by atoms with van der Waals surface area (Å²) in [5.41, 5.74) is 3.25. The molecule has 0 radical (unpaired) electrons. The van der Waals surface area contributed by atoms with Gasteiger partial charge in [-0.15, -0.1) is 0 Å². The van der Waals surface area contributed by atoms with Gasteiger partial charge in [0, 0.05) is 66.1 Å². The van der Waals surface area contributed by atoms with Crippen LogP contribution >= 0.6 is 23.2 Å². The number of benzene rings is 2. The third-order valence-corrected chi connectivity index (χ3v) is 7.88. The Morgan fingerprint density at radius 1 is 0.946 bits per heavy atom. The van der Waals surface area contributed by atoms with Crippen LogP contribution in [0.2, 0.25) is 10.0 Å². The van der Waals surface area contributed by atoms with Crippen molar-refractivity contribution >= 4 is 39.9 Å². The Hall–Kier alpha value is -2.60. The minimum Gasteiger partial charge on any atom is -0.362 e. The van der Waals surface area contributed by atoms with Crippen molar-refractivity contribution in [1.82, 2.24) is 19.9 Å². The van der Waals surface area contributed by atoms with Gasteiger partial charge in [-0.3, -0.25) is 0 Å². The summed E-state index contributed by atoms with van der Waals surface area (Å²) in [5, 5.41) is 6.21. The zero-order valence-corrected chi connectivity index (χ0v) is 23.1. The van der Waals surface area contributed by atoms with Crippen LogP contribution in [0.1, 0.15) is 50.0 Å². The van der Waals surface area contributed by atoms with Gasteiger partial charge >= 0.3 is 0 Å². The maximum atomic E-state index is 6.22. The zero-order chi connectivity index (χ0) is 25.8. The topological polar surface area (TPSA) is 46.0 Å². The molecule has 7 heteroatoms. The van der Waals surface area contributed by atoms with Crippen molar-refractivity contribution in [2.75, 3.05) is 19.0 Å². The molecule has 0 amide bonds. The normalized spacial score (nSPS) is 17.8. The molecule has 1 aliphatic carbocycles. The maximum absolute atomic E-state index is 6.22. The average molecular weight is 537 g/mol. The molecular formula is C30H35Cl2N5. The maximum Gasteiger partial charge on any atom is 0.139 e. The molecule has 0 unspecified atom stereocenters. The first-order valence-electron chi connectivity index (χ1n) is 13.3. The number of nitrogens with one attached hydrogen (secondary N) is 1. The molecule has 1 saturated carbocycles. The predicted molar refractivity (Wildman–Crippen MR) is 155 cm³/mol. The lowest BCUT2D eigenvalue weighted by molar-refractivity contribution is 0.274. The third-order valence-electron chi connectivity index (χ3n) is 7.44. The molecular weight excluding hydrogens is 501 g/mol. The molecule has 2 aromatic heterocycles. The average Bonchev–Trinajstić information content (AvgIpc) is 3.36. The third kappa shape index (κ3) is 6.46. The van der Waals surface area contributed by atoms with Crippen LogP contribution in [0.5, 0.6) is 0 Å². The van der Waals surface area contributed by atoms with Crippen LogP contribution in [-0.4, -0.2) is 34.7 Å². The van der Waals surface area contributed by atoms with E-state index in [-0.39, 0.29) is 0 Å². The molecule has 5 nitrogen and oxygen atoms in total. The highest BCUT2D eigenvalue weighted by atomic mass is 35.5. The molecule has 4 aromatic rings. The standard InChI is InChI=1S/C30H35Cl2N5/c1-36(2)30-27-9-3-4-10-28(27)34-29(35-30)11-5-7-21-12-14-24(15-13-21)33-20-25-8-6-16-37(25)26-18-22(31)17-23(32)19-26/h3-4,6,8-10,16-19,21,24,33H,5,7,11-15,20H2,1-2H3. The van der Waals surface area contributed by atoms with Crippen LogP contribution in [-0.2, 0) is 13.0 Å². The summed E-state index contributed by atoms with van der Waals surface area (Å²) < 4.78 is 2.16. The van der Waals surface area contributed by atoms with Gasteiger partial charge < -0.3 is 14.8 Å². The first-order valence-corrected chi connectivity index (χ1v) is 14.0. The molecule has 1 N–H and O–H groups in total. The van der Waals surface area contributed by atoms with Gasteiger partial charge in [0.05, 0.1) is 5.52 Å². The van der Waals surface area contributed by atoms with Crippen LogP contribution in [0.25, 0.3) is 16.6 Å². The fraction of sp³-hybridized carbons (Fsp3) is 0.400. The molecule has 0 saturated heterocycles. The number of rotatable bonds is 9. The second kappa shape index (κ2) is 11.8. The fourth-order valence-corrected chi connectivity index (χ4v) is 6.02. The summed E-state index contributed by atoms with van der Waals surface area (Å²) in [6.45, 7) is 0.833. The van der Waals surface area contributed by atoms with E-state index in [4.69, 9.17) is 33.2 Å². The molecule has 37 heavy (non-hydrogen) atoms. The molecule has 2 heterocycles. The van der Waals surface area contributed by atoms with Crippen molar-refractivity contribution in [1.29, 1.82) is 0 Å². The smallest absolute Gasteiger partial charge is 0.139 e. The van der Waals surface area contributed by atoms with Gasteiger partial charge in [0.15, 0.2) is 0 Å². The highest BCUT2D eigenvalue weighted by molar-refractivity contribution is 6.34. The Balaban J connectivity index is 1.09. The van der Waals surface area contributed by atoms with Gasteiger partial charge in [0.25, 0.3) is 0 Å². The van der Waals surface area contributed by atoms with E-state index >= 15 is 0 Å². The quantitative estimate of drug-likeness (QED) is 0.241. The lowest BCUT2D eigenvalue weighted by atomic mass is 9.83. The molecule has 2 aromatic carbocycles. The number of para-hydroxylation sites is 1. The Kier molecular flexibility index (Phi) is 8.33. The zero-order valence-electron chi connectivity index (χ0n) is 21.6. The Morgan fingerprint density at radius 2 is 1.70 bits per heavy atom. The molecule has 1 aliphatic rings. The van der Waals surface area contributed by atoms with E-state index in [1.807, 2.05) is 12.1 Å². The highest BCUT2D eigenvalue weighted by Gasteiger charge is 2.21. The van der Waals surface area contributed by atoms with Crippen LogP contribution in [0.4, 0.5) is 5.82 Å². The summed E-state index contributed by atoms with van der Waals surface area (Å²) in [5.74, 6) is 2.77. The number of anilines is 1. The van der Waals surface area contributed by atoms with Crippen molar-refractivity contribution in [3.8, 4) is 5.69 Å². The molecule has 0 atom stereocenters. The van der Waals surface area contributed by atoms with Crippen LogP contribution < -0.4 is 10.2 Å². The fourth-order valence-electron chi connectivity index (χ4n) is 5.50. The van der Waals surface area contributed by atoms with E-state index in [1.54, 1.807) is 6.07 Å². The monoisotopic (exact) mass is 535 g/mol. The van der Waals surface area contributed by atoms with Crippen molar-refractivity contribution < 1.29 is 0 Å². The Bertz CT molecular complexity index is 1320. The number of aromatic nitrogens is 3. The number of nitrogens with zero attached hydrogens (tertiary/aromatic N) is 4. The van der Waals surface area contributed by atoms with Crippen molar-refractivity contribution in [3.05, 3.63) is 82.4 Å². The summed E-state index contributed by atoms with van der Waals surface area (Å²) in [4.78, 5) is 11.8. The predicted octanol–water partition coefficient (Wildman–Crippen LogP) is 7.46. The second-order valence-electron chi connectivity index (χ2n) is 10.4. The largest absolute Gasteiger partial charge is 0.362 e. The SMILES string of the molecule is CN(C)c1nc(CCCC2CCC(NCc3cccn3-c3cc(Cl)cc(Cl)c3)CC2)nc2ccccc12. The molecule has 5 rings (SSSR count). The van der Waals surface area contributed by atoms with Crippen LogP contribution in [0.15, 0.2) is 60.8 Å². The van der Waals surface area contributed by atoms with Crippen molar-refractivity contribution in [2.24, 2.45) is 5.92 Å². The molecule has 194 valence electrons. The second-order valence-corrected chi connectivity index (χ2v) is 11.2. The minimum absolute atomic E-state index is 0.564. The van der Waals surface area contributed by atoms with E-state index in [9.17, 15) is 0 Å². The molecule has 1 fully saturated rings. The molecule has 0 aliphatic heterocycles. The first-order chi connectivity index (χ1) is 18.0. The summed E-state index contributed by atoms with van der Waals surface area (Å²) >= 11 is 12.4. The van der Waals surface area contributed by atoms with Gasteiger partial charge in [0.2, 0.25) is 0 Å². The summed E-state index contributed by atoms with van der Waals surface area (Å²) in [6, 6.07) is 18.8. The van der Waals surface area contributed by atoms with E-state index in [2.05, 4.69) is 71.5 Å². The molecule has 0 bridgehead atoms. The summed E-state index contributed by atoms with van der Waals surface area (Å²) in [7, 11) is 4.10. The van der Waals surface area contributed by atoms with E-state index in [0.717, 1.165) is 53.5 Å². The lowest BCUT2D eigenvalue weighted by Gasteiger charge is -2.29. The number of fused-ring (bicyclic) bond motifs is 1. The Labute approximate surface area is 229 Å². The van der Waals surface area contributed by atoms with Crippen LogP contribution in [0, 0.1) is 5.92 Å². The first kappa shape index (κ1) is 26.0. The number of hydrogen-bond donors (Lipinski definition) is 1. The van der Waals surface area contributed by atoms with E-state index in [0.29, 0.717) is 16.1 Å². The Morgan fingerprint density at radius 3 is 2.46 bits per heavy atom. The van der Waals surface area contributed by atoms with Gasteiger partial charge in [-0.05, 0) is 80.5 Å².